The molecule has 0 saturated carbocycles. The van der Waals surface area contributed by atoms with Gasteiger partial charge >= 0.3 is 11.9 Å². The monoisotopic (exact) mass is 466 g/mol. The maximum absolute atomic E-state index is 12.8. The summed E-state index contributed by atoms with van der Waals surface area (Å²) in [6, 6.07) is 8.21. The van der Waals surface area contributed by atoms with Gasteiger partial charge in [-0.2, -0.15) is 0 Å². The molecule has 0 spiro atoms. The summed E-state index contributed by atoms with van der Waals surface area (Å²) in [5.74, 6) is -1.80. The van der Waals surface area contributed by atoms with Crippen LogP contribution in [-0.2, 0) is 9.47 Å². The minimum atomic E-state index is -0.795. The second-order valence-electron chi connectivity index (χ2n) is 6.97. The van der Waals surface area contributed by atoms with Gasteiger partial charge in [-0.15, -0.1) is 0 Å². The van der Waals surface area contributed by atoms with Crippen molar-refractivity contribution in [1.29, 1.82) is 0 Å². The molecule has 0 N–H and O–H groups in total. The van der Waals surface area contributed by atoms with E-state index < -0.39 is 22.8 Å². The van der Waals surface area contributed by atoms with E-state index in [4.69, 9.17) is 18.3 Å². The molecule has 0 aliphatic rings. The number of hydrogen-bond donors (Lipinski definition) is 0. The fraction of sp³-hybridized carbons (Fsp3) is 0.167. The van der Waals surface area contributed by atoms with Gasteiger partial charge in [0.2, 0.25) is 11.5 Å². The molecular weight excluding hydrogens is 448 g/mol. The molecule has 0 aliphatic heterocycles. The zero-order chi connectivity index (χ0) is 24.6. The number of methoxy groups -OCH3 is 4. The van der Waals surface area contributed by atoms with Gasteiger partial charge in [-0.3, -0.25) is 9.59 Å². The minimum Gasteiger partial charge on any atom is -0.495 e. The molecule has 4 aromatic rings. The van der Waals surface area contributed by atoms with Crippen molar-refractivity contribution in [2.45, 2.75) is 0 Å². The number of esters is 2. The van der Waals surface area contributed by atoms with E-state index in [0.29, 0.717) is 11.1 Å². The third kappa shape index (κ3) is 3.54. The lowest BCUT2D eigenvalue weighted by Gasteiger charge is -2.15. The van der Waals surface area contributed by atoms with Crippen LogP contribution in [0.4, 0.5) is 0 Å². The van der Waals surface area contributed by atoms with E-state index >= 15 is 0 Å². The van der Waals surface area contributed by atoms with Crippen LogP contribution in [-0.4, -0.2) is 40.4 Å². The Morgan fingerprint density at radius 1 is 0.647 bits per heavy atom. The molecule has 0 saturated heterocycles. The van der Waals surface area contributed by atoms with E-state index in [1.54, 1.807) is 12.1 Å². The minimum absolute atomic E-state index is 0.0860. The van der Waals surface area contributed by atoms with Crippen LogP contribution in [0.2, 0.25) is 0 Å². The van der Waals surface area contributed by atoms with Crippen molar-refractivity contribution in [3.8, 4) is 22.6 Å². The lowest BCUT2D eigenvalue weighted by molar-refractivity contribution is 0.0557. The number of ether oxygens (including phenoxy) is 4. The van der Waals surface area contributed by atoms with Crippen LogP contribution in [0.1, 0.15) is 21.1 Å². The number of rotatable bonds is 5. The van der Waals surface area contributed by atoms with Crippen LogP contribution < -0.4 is 20.3 Å². The van der Waals surface area contributed by atoms with Gasteiger partial charge in [0.15, 0.2) is 10.9 Å². The molecule has 2 aromatic heterocycles. The van der Waals surface area contributed by atoms with Gasteiger partial charge < -0.3 is 27.8 Å². The fourth-order valence-corrected chi connectivity index (χ4v) is 3.69. The van der Waals surface area contributed by atoms with Crippen LogP contribution in [0.5, 0.6) is 11.5 Å². The van der Waals surface area contributed by atoms with E-state index in [0.717, 1.165) is 12.1 Å². The van der Waals surface area contributed by atoms with Crippen LogP contribution in [0, 0.1) is 0 Å². The number of hydrogen-bond acceptors (Lipinski definition) is 10. The van der Waals surface area contributed by atoms with Gasteiger partial charge in [0.25, 0.3) is 0 Å². The SMILES string of the molecule is COC(=O)c1cc(=O)c2c(OC)c(-c3ccc4oc(C(=O)OC)cc(=O)c4c3OC)ccc2o1. The summed E-state index contributed by atoms with van der Waals surface area (Å²) in [6.45, 7) is 0. The highest BCUT2D eigenvalue weighted by molar-refractivity contribution is 5.99. The van der Waals surface area contributed by atoms with Crippen molar-refractivity contribution in [2.75, 3.05) is 28.4 Å². The van der Waals surface area contributed by atoms with E-state index in [2.05, 4.69) is 9.47 Å². The highest BCUT2D eigenvalue weighted by atomic mass is 16.5. The van der Waals surface area contributed by atoms with Crippen LogP contribution in [0.25, 0.3) is 33.1 Å². The molecular formula is C24H18O10. The van der Waals surface area contributed by atoms with E-state index in [9.17, 15) is 19.2 Å². The molecule has 174 valence electrons. The molecule has 2 heterocycles. The summed E-state index contributed by atoms with van der Waals surface area (Å²) in [6.07, 6.45) is 0. The van der Waals surface area contributed by atoms with Crippen LogP contribution in [0.3, 0.4) is 0 Å². The van der Waals surface area contributed by atoms with Crippen LogP contribution in [0.15, 0.2) is 54.8 Å². The van der Waals surface area contributed by atoms with Crippen molar-refractivity contribution in [3.05, 3.63) is 68.4 Å². The Morgan fingerprint density at radius 3 is 1.35 bits per heavy atom. The normalized spacial score (nSPS) is 10.8. The van der Waals surface area contributed by atoms with Crippen molar-refractivity contribution in [2.24, 2.45) is 0 Å². The number of carbonyl (C=O) groups excluding carboxylic acids is 2. The summed E-state index contributed by atoms with van der Waals surface area (Å²) >= 11 is 0. The molecule has 0 fully saturated rings. The molecule has 0 bridgehead atoms. The first-order valence-corrected chi connectivity index (χ1v) is 9.81. The number of fused-ring (bicyclic) bond motifs is 2. The highest BCUT2D eigenvalue weighted by Crippen LogP contribution is 2.42. The van der Waals surface area contributed by atoms with E-state index in [1.807, 2.05) is 0 Å². The molecule has 0 aliphatic carbocycles. The predicted octanol–water partition coefficient (Wildman–Crippen LogP) is 3.16. The second-order valence-corrected chi connectivity index (χ2v) is 6.97. The molecule has 2 aromatic carbocycles. The van der Waals surface area contributed by atoms with Crippen molar-refractivity contribution >= 4 is 33.9 Å². The molecule has 34 heavy (non-hydrogen) atoms. The first-order valence-electron chi connectivity index (χ1n) is 9.81. The molecule has 0 radical (unpaired) electrons. The van der Waals surface area contributed by atoms with Gasteiger partial charge in [-0.25, -0.2) is 9.59 Å². The lowest BCUT2D eigenvalue weighted by Crippen LogP contribution is -2.10. The maximum atomic E-state index is 12.8. The van der Waals surface area contributed by atoms with Gasteiger partial charge in [0.1, 0.15) is 33.4 Å². The predicted molar refractivity (Wildman–Crippen MR) is 120 cm³/mol. The molecule has 4 rings (SSSR count). The summed E-state index contributed by atoms with van der Waals surface area (Å²) in [4.78, 5) is 49.3. The summed E-state index contributed by atoms with van der Waals surface area (Å²) in [5.41, 5.74) is 0.00211. The molecule has 0 atom stereocenters. The summed E-state index contributed by atoms with van der Waals surface area (Å²) in [5, 5.41) is 0.172. The highest BCUT2D eigenvalue weighted by Gasteiger charge is 2.23. The third-order valence-corrected chi connectivity index (χ3v) is 5.17. The fourth-order valence-electron chi connectivity index (χ4n) is 3.69. The van der Waals surface area contributed by atoms with Gasteiger partial charge in [-0.1, -0.05) is 0 Å². The standard InChI is InChI=1S/C24H18O10/c1-29-21-11(5-7-15-19(21)13(25)9-17(33-15)23(27)31-3)12-6-8-16-20(22(12)30-2)14(26)10-18(34-16)24(28)32-4/h5-10H,1-4H3. The van der Waals surface area contributed by atoms with Crippen molar-refractivity contribution < 1.29 is 37.4 Å². The Balaban J connectivity index is 2.02. The topological polar surface area (TPSA) is 131 Å². The molecule has 10 heteroatoms. The average molecular weight is 466 g/mol. The second kappa shape index (κ2) is 8.74. The molecule has 0 amide bonds. The Labute approximate surface area is 191 Å². The van der Waals surface area contributed by atoms with Crippen molar-refractivity contribution in [1.82, 2.24) is 0 Å². The zero-order valence-electron chi connectivity index (χ0n) is 18.5. The number of carbonyl (C=O) groups is 2. The number of benzene rings is 2. The summed E-state index contributed by atoms with van der Waals surface area (Å²) in [7, 11) is 5.09. The van der Waals surface area contributed by atoms with E-state index in [1.165, 1.54) is 40.6 Å². The first-order chi connectivity index (χ1) is 16.3. The zero-order valence-corrected chi connectivity index (χ0v) is 18.5. The molecule has 10 nitrogen and oxygen atoms in total. The average Bonchev–Trinajstić information content (AvgIpc) is 2.85. The Morgan fingerprint density at radius 2 is 1.03 bits per heavy atom. The summed E-state index contributed by atoms with van der Waals surface area (Å²) < 4.78 is 31.3. The Kier molecular flexibility index (Phi) is 5.80. The van der Waals surface area contributed by atoms with Gasteiger partial charge in [0.05, 0.1) is 28.4 Å². The van der Waals surface area contributed by atoms with Gasteiger partial charge in [-0.05, 0) is 24.3 Å². The van der Waals surface area contributed by atoms with Crippen molar-refractivity contribution in [3.63, 3.8) is 0 Å². The van der Waals surface area contributed by atoms with Crippen LogP contribution >= 0.6 is 0 Å². The maximum Gasteiger partial charge on any atom is 0.374 e. The largest absolute Gasteiger partial charge is 0.495 e. The Bertz CT molecular complexity index is 1460. The lowest BCUT2D eigenvalue weighted by atomic mass is 9.98. The molecule has 0 unspecified atom stereocenters. The first kappa shape index (κ1) is 22.6. The Hall–Kier alpha value is -4.60. The quantitative estimate of drug-likeness (QED) is 0.404. The third-order valence-electron chi connectivity index (χ3n) is 5.17. The van der Waals surface area contributed by atoms with Gasteiger partial charge in [0, 0.05) is 23.3 Å². The van der Waals surface area contributed by atoms with E-state index in [-0.39, 0.29) is 45.0 Å². The smallest absolute Gasteiger partial charge is 0.374 e.